The molecular formula is C16H30N4O4. The van der Waals surface area contributed by atoms with E-state index in [2.05, 4.69) is 15.6 Å². The van der Waals surface area contributed by atoms with Gasteiger partial charge in [-0.2, -0.15) is 0 Å². The Morgan fingerprint density at radius 2 is 1.96 bits per heavy atom. The third-order valence-electron chi connectivity index (χ3n) is 3.35. The summed E-state index contributed by atoms with van der Waals surface area (Å²) < 4.78 is 10.0. The van der Waals surface area contributed by atoms with Gasteiger partial charge in [0.2, 0.25) is 0 Å². The molecule has 0 spiro atoms. The van der Waals surface area contributed by atoms with Crippen molar-refractivity contribution in [1.29, 1.82) is 0 Å². The first-order valence-electron chi connectivity index (χ1n) is 8.26. The molecule has 1 fully saturated rings. The van der Waals surface area contributed by atoms with Gasteiger partial charge >= 0.3 is 12.1 Å². The molecule has 0 aromatic carbocycles. The minimum absolute atomic E-state index is 0.115. The van der Waals surface area contributed by atoms with Gasteiger partial charge in [0.15, 0.2) is 5.96 Å². The van der Waals surface area contributed by atoms with Gasteiger partial charge in [0, 0.05) is 19.6 Å². The number of rotatable bonds is 5. The first kappa shape index (κ1) is 20.1. The summed E-state index contributed by atoms with van der Waals surface area (Å²) in [5.41, 5.74) is -0.490. The maximum Gasteiger partial charge on any atom is 0.410 e. The molecule has 1 heterocycles. The molecule has 8 heteroatoms. The fourth-order valence-electron chi connectivity index (χ4n) is 2.06. The van der Waals surface area contributed by atoms with E-state index in [1.807, 2.05) is 27.7 Å². The van der Waals surface area contributed by atoms with E-state index in [0.29, 0.717) is 32.1 Å². The number of hydrogen-bond acceptors (Lipinski definition) is 5. The Balaban J connectivity index is 2.45. The van der Waals surface area contributed by atoms with Crippen LogP contribution < -0.4 is 10.6 Å². The second-order valence-corrected chi connectivity index (χ2v) is 6.87. The van der Waals surface area contributed by atoms with Crippen LogP contribution in [-0.4, -0.2) is 67.9 Å². The summed E-state index contributed by atoms with van der Waals surface area (Å²) in [5.74, 6) is 0.0431. The van der Waals surface area contributed by atoms with Gasteiger partial charge in [-0.15, -0.1) is 0 Å². The molecule has 0 aromatic heterocycles. The normalized spacial score (nSPS) is 16.9. The van der Waals surface area contributed by atoms with Crippen molar-refractivity contribution in [3.8, 4) is 0 Å². The number of guanidine groups is 1. The summed E-state index contributed by atoms with van der Waals surface area (Å²) in [4.78, 5) is 29.3. The van der Waals surface area contributed by atoms with Gasteiger partial charge < -0.3 is 25.0 Å². The molecule has 1 rings (SSSR count). The molecule has 0 radical (unpaired) electrons. The van der Waals surface area contributed by atoms with E-state index in [4.69, 9.17) is 9.47 Å². The number of aliphatic imine (C=N–C) groups is 1. The average Bonchev–Trinajstić information content (AvgIpc) is 2.44. The second-order valence-electron chi connectivity index (χ2n) is 6.87. The zero-order chi connectivity index (χ0) is 18.3. The van der Waals surface area contributed by atoms with Gasteiger partial charge in [0.1, 0.15) is 5.60 Å². The fourth-order valence-corrected chi connectivity index (χ4v) is 2.06. The lowest BCUT2D eigenvalue weighted by molar-refractivity contribution is -0.144. The first-order valence-corrected chi connectivity index (χ1v) is 8.26. The van der Waals surface area contributed by atoms with E-state index in [0.717, 1.165) is 0 Å². The Kier molecular flexibility index (Phi) is 7.31. The van der Waals surface area contributed by atoms with E-state index < -0.39 is 5.60 Å². The van der Waals surface area contributed by atoms with Crippen LogP contribution in [0.25, 0.3) is 0 Å². The van der Waals surface area contributed by atoms with Gasteiger partial charge in [-0.25, -0.2) is 4.79 Å². The minimum atomic E-state index is -0.490. The Labute approximate surface area is 144 Å². The van der Waals surface area contributed by atoms with Crippen LogP contribution in [0.2, 0.25) is 0 Å². The Morgan fingerprint density at radius 1 is 1.33 bits per heavy atom. The zero-order valence-corrected chi connectivity index (χ0v) is 15.5. The number of likely N-dealkylation sites (tertiary alicyclic amines) is 1. The number of nitrogens with one attached hydrogen (secondary N) is 2. The number of nitrogens with zero attached hydrogens (tertiary/aromatic N) is 2. The SMILES string of the molecule is CCNC(=NCC(C)C(=O)OC)NC1CN(C(=O)OC(C)(C)C)C1. The summed E-state index contributed by atoms with van der Waals surface area (Å²) >= 11 is 0. The molecule has 1 atom stereocenters. The zero-order valence-electron chi connectivity index (χ0n) is 15.5. The summed E-state index contributed by atoms with van der Waals surface area (Å²) in [5, 5.41) is 6.38. The van der Waals surface area contributed by atoms with Crippen molar-refractivity contribution < 1.29 is 19.1 Å². The average molecular weight is 342 g/mol. The number of amides is 1. The highest BCUT2D eigenvalue weighted by Gasteiger charge is 2.34. The number of methoxy groups -OCH3 is 1. The van der Waals surface area contributed by atoms with Gasteiger partial charge in [-0.3, -0.25) is 9.79 Å². The fraction of sp³-hybridized carbons (Fsp3) is 0.812. The highest BCUT2D eigenvalue weighted by atomic mass is 16.6. The van der Waals surface area contributed by atoms with Crippen LogP contribution in [-0.2, 0) is 14.3 Å². The lowest BCUT2D eigenvalue weighted by Crippen LogP contribution is -2.63. The lowest BCUT2D eigenvalue weighted by Gasteiger charge is -2.40. The summed E-state index contributed by atoms with van der Waals surface area (Å²) in [6.07, 6.45) is -0.304. The smallest absolute Gasteiger partial charge is 0.410 e. The Morgan fingerprint density at radius 3 is 2.46 bits per heavy atom. The van der Waals surface area contributed by atoms with Crippen LogP contribution in [0.3, 0.4) is 0 Å². The molecule has 138 valence electrons. The predicted molar refractivity (Wildman–Crippen MR) is 91.9 cm³/mol. The quantitative estimate of drug-likeness (QED) is 0.439. The van der Waals surface area contributed by atoms with Crippen LogP contribution in [0, 0.1) is 5.92 Å². The van der Waals surface area contributed by atoms with Crippen LogP contribution in [0.15, 0.2) is 4.99 Å². The van der Waals surface area contributed by atoms with E-state index in [1.165, 1.54) is 7.11 Å². The van der Waals surface area contributed by atoms with Gasteiger partial charge in [-0.1, -0.05) is 6.92 Å². The topological polar surface area (TPSA) is 92.3 Å². The molecule has 2 N–H and O–H groups in total. The van der Waals surface area contributed by atoms with E-state index in [-0.39, 0.29) is 24.0 Å². The number of carbonyl (C=O) groups is 2. The molecule has 1 amide bonds. The summed E-state index contributed by atoms with van der Waals surface area (Å²) in [7, 11) is 1.37. The Hall–Kier alpha value is -1.99. The van der Waals surface area contributed by atoms with Crippen molar-refractivity contribution in [3.05, 3.63) is 0 Å². The molecule has 0 saturated carbocycles. The number of carbonyl (C=O) groups excluding carboxylic acids is 2. The second kappa shape index (κ2) is 8.75. The monoisotopic (exact) mass is 342 g/mol. The number of hydrogen-bond donors (Lipinski definition) is 2. The van der Waals surface area contributed by atoms with E-state index >= 15 is 0 Å². The van der Waals surface area contributed by atoms with Crippen LogP contribution >= 0.6 is 0 Å². The maximum atomic E-state index is 11.9. The summed E-state index contributed by atoms with van der Waals surface area (Å²) in [6, 6.07) is 0.115. The molecule has 24 heavy (non-hydrogen) atoms. The molecule has 8 nitrogen and oxygen atoms in total. The molecule has 1 aliphatic rings. The lowest BCUT2D eigenvalue weighted by atomic mass is 10.1. The molecule has 0 bridgehead atoms. The minimum Gasteiger partial charge on any atom is -0.469 e. The third kappa shape index (κ3) is 6.64. The van der Waals surface area contributed by atoms with Gasteiger partial charge in [0.25, 0.3) is 0 Å². The standard InChI is InChI=1S/C16H30N4O4/c1-7-17-14(18-8-11(2)13(21)23-6)19-12-9-20(10-12)15(22)24-16(3,4)5/h11-12H,7-10H2,1-6H3,(H2,17,18,19). The van der Waals surface area contributed by atoms with Crippen molar-refractivity contribution in [1.82, 2.24) is 15.5 Å². The number of esters is 1. The van der Waals surface area contributed by atoms with Crippen molar-refractivity contribution >= 4 is 18.0 Å². The largest absolute Gasteiger partial charge is 0.469 e. The highest BCUT2D eigenvalue weighted by Crippen LogP contribution is 2.15. The molecule has 1 unspecified atom stereocenters. The van der Waals surface area contributed by atoms with Gasteiger partial charge in [0.05, 0.1) is 25.6 Å². The first-order chi connectivity index (χ1) is 11.2. The van der Waals surface area contributed by atoms with Crippen molar-refractivity contribution in [2.24, 2.45) is 10.9 Å². The molecule has 1 saturated heterocycles. The Bertz CT molecular complexity index is 467. The van der Waals surface area contributed by atoms with Crippen LogP contribution in [0.4, 0.5) is 4.79 Å². The molecular weight excluding hydrogens is 312 g/mol. The third-order valence-corrected chi connectivity index (χ3v) is 3.35. The van der Waals surface area contributed by atoms with Crippen LogP contribution in [0.5, 0.6) is 0 Å². The molecule has 0 aromatic rings. The van der Waals surface area contributed by atoms with E-state index in [1.54, 1.807) is 11.8 Å². The molecule has 1 aliphatic heterocycles. The van der Waals surface area contributed by atoms with Crippen molar-refractivity contribution in [3.63, 3.8) is 0 Å². The maximum absolute atomic E-state index is 11.9. The van der Waals surface area contributed by atoms with Crippen molar-refractivity contribution in [2.75, 3.05) is 33.3 Å². The summed E-state index contributed by atoms with van der Waals surface area (Å²) in [6.45, 7) is 11.4. The number of ether oxygens (including phenoxy) is 2. The van der Waals surface area contributed by atoms with Crippen molar-refractivity contribution in [2.45, 2.75) is 46.3 Å². The molecule has 0 aliphatic carbocycles. The predicted octanol–water partition coefficient (Wildman–Crippen LogP) is 0.970. The highest BCUT2D eigenvalue weighted by molar-refractivity contribution is 5.81. The van der Waals surface area contributed by atoms with E-state index in [9.17, 15) is 9.59 Å². The van der Waals surface area contributed by atoms with Crippen LogP contribution in [0.1, 0.15) is 34.6 Å². The van der Waals surface area contributed by atoms with Gasteiger partial charge in [-0.05, 0) is 27.7 Å².